The Morgan fingerprint density at radius 2 is 2.03 bits per heavy atom. The molecule has 3 saturated carbocycles. The van der Waals surface area contributed by atoms with E-state index < -0.39 is 5.60 Å². The topological polar surface area (TPSA) is 67.8 Å². The third-order valence-corrected chi connectivity index (χ3v) is 9.30. The SMILES string of the molecule is C[C@@]12CCC[C@H]1[C@@H]1CC=C3C[C@](O)(/C=C/C=N/OCCCCN)CC[C@]3(C)[C@H]1CC2. The maximum atomic E-state index is 11.2. The van der Waals surface area contributed by atoms with Crippen LogP contribution in [-0.4, -0.2) is 30.1 Å². The molecule has 0 aromatic rings. The molecular weight excluding hydrogens is 372 g/mol. The molecule has 4 rings (SSSR count). The van der Waals surface area contributed by atoms with Crippen molar-refractivity contribution in [3.05, 3.63) is 23.8 Å². The van der Waals surface area contributed by atoms with E-state index in [2.05, 4.69) is 25.1 Å². The van der Waals surface area contributed by atoms with E-state index in [1.165, 1.54) is 44.1 Å². The van der Waals surface area contributed by atoms with Crippen LogP contribution in [0.4, 0.5) is 0 Å². The Kier molecular flexibility index (Phi) is 6.46. The molecular formula is C26H42N2O2. The zero-order valence-corrected chi connectivity index (χ0v) is 19.1. The standard InChI is InChI=1S/C26H42N2O2/c1-24-11-5-7-22(24)21-9-8-20-19-26(29,12-6-17-28-30-18-4-3-16-27)15-14-25(20,2)23(21)10-13-24/h6,8,12,17,21-23,29H,3-5,7,9-11,13-16,18-19,27H2,1-2H3/b12-6+,28-17+/t21-,22-,23-,24-,25-,26-/m0/s1. The number of unbranched alkanes of at least 4 members (excludes halogenated alkanes) is 1. The predicted molar refractivity (Wildman–Crippen MR) is 123 cm³/mol. The molecule has 6 atom stereocenters. The summed E-state index contributed by atoms with van der Waals surface area (Å²) in [5.74, 6) is 2.60. The van der Waals surface area contributed by atoms with E-state index in [1.807, 2.05) is 12.2 Å². The Balaban J connectivity index is 1.39. The van der Waals surface area contributed by atoms with Gasteiger partial charge in [0, 0.05) is 6.42 Å². The highest BCUT2D eigenvalue weighted by molar-refractivity contribution is 5.70. The molecule has 4 aliphatic carbocycles. The van der Waals surface area contributed by atoms with Crippen molar-refractivity contribution >= 4 is 6.21 Å². The summed E-state index contributed by atoms with van der Waals surface area (Å²) >= 11 is 0. The van der Waals surface area contributed by atoms with Crippen molar-refractivity contribution in [3.63, 3.8) is 0 Å². The Labute approximate surface area is 183 Å². The van der Waals surface area contributed by atoms with Crippen LogP contribution in [0.1, 0.15) is 84.5 Å². The number of hydrogen-bond acceptors (Lipinski definition) is 4. The zero-order chi connectivity index (χ0) is 21.2. The minimum absolute atomic E-state index is 0.285. The fourth-order valence-electron chi connectivity index (χ4n) is 7.47. The number of rotatable bonds is 7. The normalized spacial score (nSPS) is 43.3. The maximum Gasteiger partial charge on any atom is 0.117 e. The predicted octanol–water partition coefficient (Wildman–Crippen LogP) is 5.37. The molecule has 0 heterocycles. The summed E-state index contributed by atoms with van der Waals surface area (Å²) in [4.78, 5) is 5.23. The van der Waals surface area contributed by atoms with Gasteiger partial charge in [0.25, 0.3) is 0 Å². The molecule has 0 bridgehead atoms. The second-order valence-corrected chi connectivity index (χ2v) is 11.1. The van der Waals surface area contributed by atoms with Crippen molar-refractivity contribution in [3.8, 4) is 0 Å². The highest BCUT2D eigenvalue weighted by atomic mass is 16.6. The van der Waals surface area contributed by atoms with Gasteiger partial charge >= 0.3 is 0 Å². The number of nitrogens with zero attached hydrogens (tertiary/aromatic N) is 1. The van der Waals surface area contributed by atoms with E-state index >= 15 is 0 Å². The van der Waals surface area contributed by atoms with E-state index in [-0.39, 0.29) is 5.41 Å². The molecule has 4 heteroatoms. The average Bonchev–Trinajstić information content (AvgIpc) is 3.12. The molecule has 168 valence electrons. The van der Waals surface area contributed by atoms with Crippen LogP contribution < -0.4 is 5.73 Å². The Hall–Kier alpha value is -1.13. The number of fused-ring (bicyclic) bond motifs is 5. The molecule has 0 radical (unpaired) electrons. The number of nitrogens with two attached hydrogens (primary N) is 1. The Morgan fingerprint density at radius 1 is 1.17 bits per heavy atom. The molecule has 0 unspecified atom stereocenters. The molecule has 0 saturated heterocycles. The Bertz CT molecular complexity index is 701. The molecule has 4 nitrogen and oxygen atoms in total. The van der Waals surface area contributed by atoms with Crippen LogP contribution in [0, 0.1) is 28.6 Å². The van der Waals surface area contributed by atoms with Gasteiger partial charge < -0.3 is 15.7 Å². The van der Waals surface area contributed by atoms with Gasteiger partial charge in [0.15, 0.2) is 0 Å². The molecule has 0 aromatic heterocycles. The fourth-order valence-corrected chi connectivity index (χ4v) is 7.47. The van der Waals surface area contributed by atoms with Crippen LogP contribution in [0.2, 0.25) is 0 Å². The van der Waals surface area contributed by atoms with Gasteiger partial charge in [0.1, 0.15) is 6.61 Å². The van der Waals surface area contributed by atoms with E-state index in [1.54, 1.807) is 6.21 Å². The molecule has 0 aliphatic heterocycles. The van der Waals surface area contributed by atoms with E-state index in [0.717, 1.165) is 49.9 Å². The minimum Gasteiger partial charge on any atom is -0.396 e. The van der Waals surface area contributed by atoms with Gasteiger partial charge in [-0.3, -0.25) is 0 Å². The second-order valence-electron chi connectivity index (χ2n) is 11.1. The quantitative estimate of drug-likeness (QED) is 0.255. The van der Waals surface area contributed by atoms with Gasteiger partial charge in [-0.05, 0) is 99.0 Å². The van der Waals surface area contributed by atoms with Crippen molar-refractivity contribution < 1.29 is 9.94 Å². The van der Waals surface area contributed by atoms with Gasteiger partial charge in [0.2, 0.25) is 0 Å². The van der Waals surface area contributed by atoms with Gasteiger partial charge in [-0.2, -0.15) is 0 Å². The van der Waals surface area contributed by atoms with E-state index in [0.29, 0.717) is 18.6 Å². The first-order valence-corrected chi connectivity index (χ1v) is 12.4. The summed E-state index contributed by atoms with van der Waals surface area (Å²) in [6.45, 7) is 6.36. The van der Waals surface area contributed by atoms with Gasteiger partial charge in [-0.15, -0.1) is 0 Å². The van der Waals surface area contributed by atoms with Crippen LogP contribution >= 0.6 is 0 Å². The smallest absolute Gasteiger partial charge is 0.117 e. The molecule has 3 N–H and O–H groups in total. The van der Waals surface area contributed by atoms with Gasteiger partial charge in [-0.25, -0.2) is 0 Å². The molecule has 30 heavy (non-hydrogen) atoms. The monoisotopic (exact) mass is 414 g/mol. The van der Waals surface area contributed by atoms with E-state index in [9.17, 15) is 5.11 Å². The first kappa shape index (κ1) is 22.1. The Morgan fingerprint density at radius 3 is 2.87 bits per heavy atom. The van der Waals surface area contributed by atoms with Crippen molar-refractivity contribution in [1.29, 1.82) is 0 Å². The largest absolute Gasteiger partial charge is 0.396 e. The number of hydrogen-bond donors (Lipinski definition) is 2. The minimum atomic E-state index is -0.750. The first-order valence-electron chi connectivity index (χ1n) is 12.4. The summed E-state index contributed by atoms with van der Waals surface area (Å²) in [7, 11) is 0. The van der Waals surface area contributed by atoms with Crippen molar-refractivity contribution in [2.24, 2.45) is 39.5 Å². The van der Waals surface area contributed by atoms with Gasteiger partial charge in [-0.1, -0.05) is 43.1 Å². The lowest BCUT2D eigenvalue weighted by Crippen LogP contribution is -2.51. The van der Waals surface area contributed by atoms with Crippen molar-refractivity contribution in [2.75, 3.05) is 13.2 Å². The van der Waals surface area contributed by atoms with Crippen LogP contribution in [0.15, 0.2) is 29.0 Å². The summed E-state index contributed by atoms with van der Waals surface area (Å²) in [5.41, 5.74) is 7.12. The third kappa shape index (κ3) is 4.14. The van der Waals surface area contributed by atoms with Crippen LogP contribution in [0.25, 0.3) is 0 Å². The summed E-state index contributed by atoms with van der Waals surface area (Å²) < 4.78 is 0. The second kappa shape index (κ2) is 8.78. The first-order chi connectivity index (χ1) is 14.4. The summed E-state index contributed by atoms with van der Waals surface area (Å²) in [6.07, 6.45) is 20.9. The number of oxime groups is 1. The molecule has 3 fully saturated rings. The van der Waals surface area contributed by atoms with Gasteiger partial charge in [0.05, 0.1) is 11.8 Å². The molecule has 4 aliphatic rings. The molecule has 0 aromatic carbocycles. The van der Waals surface area contributed by atoms with Crippen molar-refractivity contribution in [1.82, 2.24) is 0 Å². The average molecular weight is 415 g/mol. The number of allylic oxidation sites excluding steroid dienone is 2. The maximum absolute atomic E-state index is 11.2. The lowest BCUT2D eigenvalue weighted by Gasteiger charge is -2.58. The van der Waals surface area contributed by atoms with E-state index in [4.69, 9.17) is 10.6 Å². The highest BCUT2D eigenvalue weighted by Gasteiger charge is 2.56. The molecule has 0 amide bonds. The summed E-state index contributed by atoms with van der Waals surface area (Å²) in [6, 6.07) is 0. The zero-order valence-electron chi connectivity index (χ0n) is 19.1. The lowest BCUT2D eigenvalue weighted by molar-refractivity contribution is -0.0486. The summed E-state index contributed by atoms with van der Waals surface area (Å²) in [5, 5.41) is 15.2. The van der Waals surface area contributed by atoms with Crippen LogP contribution in [-0.2, 0) is 4.84 Å². The van der Waals surface area contributed by atoms with Crippen LogP contribution in [0.3, 0.4) is 0 Å². The fraction of sp³-hybridized carbons (Fsp3) is 0.808. The molecule has 0 spiro atoms. The highest BCUT2D eigenvalue weighted by Crippen LogP contribution is 2.65. The number of aliphatic hydroxyl groups is 1. The lowest BCUT2D eigenvalue weighted by atomic mass is 9.47. The third-order valence-electron chi connectivity index (χ3n) is 9.30. The van der Waals surface area contributed by atoms with Crippen LogP contribution in [0.5, 0.6) is 0 Å². The van der Waals surface area contributed by atoms with Crippen molar-refractivity contribution in [2.45, 2.75) is 90.1 Å².